The Balaban J connectivity index is 1.32. The van der Waals surface area contributed by atoms with Crippen LogP contribution in [-0.4, -0.2) is 52.8 Å². The molecule has 1 aromatic heterocycles. The van der Waals surface area contributed by atoms with Crippen LogP contribution in [-0.2, 0) is 9.59 Å². The third kappa shape index (κ3) is 4.77. The molecule has 2 fully saturated rings. The van der Waals surface area contributed by atoms with Gasteiger partial charge in [-0.15, -0.1) is 0 Å². The van der Waals surface area contributed by atoms with Gasteiger partial charge in [0.1, 0.15) is 17.4 Å². The zero-order valence-corrected chi connectivity index (χ0v) is 16.5. The van der Waals surface area contributed by atoms with Gasteiger partial charge in [0, 0.05) is 43.9 Å². The number of aromatic nitrogens is 1. The van der Waals surface area contributed by atoms with Crippen LogP contribution >= 0.6 is 0 Å². The number of ether oxygens (including phenoxy) is 1. The molecule has 158 valence electrons. The van der Waals surface area contributed by atoms with E-state index >= 15 is 0 Å². The lowest BCUT2D eigenvalue weighted by Crippen LogP contribution is -2.51. The number of benzene rings is 1. The fourth-order valence-corrected chi connectivity index (χ4v) is 3.46. The number of barbiturate groups is 1. The van der Waals surface area contributed by atoms with Gasteiger partial charge < -0.3 is 9.64 Å². The molecule has 9 heteroatoms. The Morgan fingerprint density at radius 3 is 2.19 bits per heavy atom. The van der Waals surface area contributed by atoms with E-state index in [0.29, 0.717) is 30.0 Å². The molecule has 3 heterocycles. The molecule has 0 atom stereocenters. The zero-order chi connectivity index (χ0) is 21.8. The molecular formula is C22H20N4O5. The van der Waals surface area contributed by atoms with E-state index in [1.54, 1.807) is 48.8 Å². The maximum absolute atomic E-state index is 12.5. The Bertz CT molecular complexity index is 1020. The number of imide groups is 2. The standard InChI is InChI=1S/C22H20N4O5/c27-19-18(20(28)25-22(30)24-19)13-14-1-3-16(4-2-14)31-17-7-11-26(12-8-17)21(29)15-5-9-23-10-6-15/h1-6,9-10,13,17H,7-8,11-12H2,(H2,24,25,27,28,30). The van der Waals surface area contributed by atoms with Crippen LogP contribution in [0.4, 0.5) is 4.79 Å². The van der Waals surface area contributed by atoms with E-state index in [4.69, 9.17) is 4.74 Å². The number of rotatable bonds is 4. The average Bonchev–Trinajstić information content (AvgIpc) is 2.78. The normalized spacial score (nSPS) is 17.1. The summed E-state index contributed by atoms with van der Waals surface area (Å²) in [5.41, 5.74) is 1.11. The van der Waals surface area contributed by atoms with Gasteiger partial charge in [0.05, 0.1) is 0 Å². The first kappa shape index (κ1) is 20.3. The SMILES string of the molecule is O=C1NC(=O)C(=Cc2ccc(OC3CCN(C(=O)c4ccncc4)CC3)cc2)C(=O)N1. The fourth-order valence-electron chi connectivity index (χ4n) is 3.46. The van der Waals surface area contributed by atoms with Crippen molar-refractivity contribution in [3.05, 3.63) is 65.5 Å². The van der Waals surface area contributed by atoms with Gasteiger partial charge in [-0.25, -0.2) is 4.79 Å². The summed E-state index contributed by atoms with van der Waals surface area (Å²) < 4.78 is 6.02. The van der Waals surface area contributed by atoms with Crippen LogP contribution in [0.3, 0.4) is 0 Å². The number of carbonyl (C=O) groups is 4. The summed E-state index contributed by atoms with van der Waals surface area (Å²) >= 11 is 0. The van der Waals surface area contributed by atoms with Crippen molar-refractivity contribution in [3.8, 4) is 5.75 Å². The molecule has 0 radical (unpaired) electrons. The van der Waals surface area contributed by atoms with Gasteiger partial charge in [0.25, 0.3) is 17.7 Å². The van der Waals surface area contributed by atoms with Crippen LogP contribution in [0.1, 0.15) is 28.8 Å². The van der Waals surface area contributed by atoms with Crippen molar-refractivity contribution in [2.75, 3.05) is 13.1 Å². The molecule has 9 nitrogen and oxygen atoms in total. The molecule has 2 aliphatic rings. The van der Waals surface area contributed by atoms with Crippen LogP contribution < -0.4 is 15.4 Å². The van der Waals surface area contributed by atoms with E-state index in [0.717, 1.165) is 12.8 Å². The van der Waals surface area contributed by atoms with Gasteiger partial charge in [-0.2, -0.15) is 0 Å². The lowest BCUT2D eigenvalue weighted by Gasteiger charge is -2.32. The second-order valence-corrected chi connectivity index (χ2v) is 7.21. The summed E-state index contributed by atoms with van der Waals surface area (Å²) in [6.45, 7) is 1.22. The maximum atomic E-state index is 12.5. The van der Waals surface area contributed by atoms with Crippen LogP contribution in [0.15, 0.2) is 54.4 Å². The number of piperidine rings is 1. The maximum Gasteiger partial charge on any atom is 0.328 e. The van der Waals surface area contributed by atoms with Crippen molar-refractivity contribution in [2.45, 2.75) is 18.9 Å². The predicted octanol–water partition coefficient (Wildman–Crippen LogP) is 1.51. The first-order chi connectivity index (χ1) is 15.0. The summed E-state index contributed by atoms with van der Waals surface area (Å²) in [7, 11) is 0. The van der Waals surface area contributed by atoms with E-state index in [9.17, 15) is 19.2 Å². The van der Waals surface area contributed by atoms with E-state index in [1.165, 1.54) is 6.08 Å². The number of urea groups is 1. The number of carbonyl (C=O) groups excluding carboxylic acids is 4. The molecule has 2 aliphatic heterocycles. The van der Waals surface area contributed by atoms with Crippen molar-refractivity contribution in [3.63, 3.8) is 0 Å². The van der Waals surface area contributed by atoms with Gasteiger partial charge in [-0.3, -0.25) is 30.0 Å². The zero-order valence-electron chi connectivity index (χ0n) is 16.5. The highest BCUT2D eigenvalue weighted by atomic mass is 16.5. The average molecular weight is 420 g/mol. The van der Waals surface area contributed by atoms with Gasteiger partial charge in [0.2, 0.25) is 0 Å². The molecule has 0 unspecified atom stereocenters. The van der Waals surface area contributed by atoms with Crippen LogP contribution in [0.25, 0.3) is 6.08 Å². The smallest absolute Gasteiger partial charge is 0.328 e. The molecule has 0 spiro atoms. The molecule has 4 rings (SSSR count). The second kappa shape index (κ2) is 8.78. The van der Waals surface area contributed by atoms with Gasteiger partial charge in [-0.1, -0.05) is 12.1 Å². The van der Waals surface area contributed by atoms with Crippen LogP contribution in [0.2, 0.25) is 0 Å². The summed E-state index contributed by atoms with van der Waals surface area (Å²) in [5.74, 6) is -0.811. The third-order valence-electron chi connectivity index (χ3n) is 5.09. The van der Waals surface area contributed by atoms with Gasteiger partial charge in [-0.05, 0) is 35.9 Å². The van der Waals surface area contributed by atoms with Crippen molar-refractivity contribution in [2.24, 2.45) is 0 Å². The number of nitrogens with zero attached hydrogens (tertiary/aromatic N) is 2. The first-order valence-electron chi connectivity index (χ1n) is 9.84. The molecular weight excluding hydrogens is 400 g/mol. The Morgan fingerprint density at radius 2 is 1.58 bits per heavy atom. The monoisotopic (exact) mass is 420 g/mol. The molecule has 5 amide bonds. The molecule has 1 aromatic carbocycles. The van der Waals surface area contributed by atoms with Crippen LogP contribution in [0, 0.1) is 0 Å². The Kier molecular flexibility index (Phi) is 5.74. The van der Waals surface area contributed by atoms with Crippen molar-refractivity contribution >= 4 is 29.8 Å². The van der Waals surface area contributed by atoms with E-state index in [1.807, 2.05) is 15.5 Å². The lowest BCUT2D eigenvalue weighted by atomic mass is 10.1. The number of hydrogen-bond acceptors (Lipinski definition) is 6. The third-order valence-corrected chi connectivity index (χ3v) is 5.09. The highest BCUT2D eigenvalue weighted by Crippen LogP contribution is 2.21. The number of hydrogen-bond donors (Lipinski definition) is 2. The highest BCUT2D eigenvalue weighted by molar-refractivity contribution is 6.31. The highest BCUT2D eigenvalue weighted by Gasteiger charge is 2.28. The number of amides is 5. The van der Waals surface area contributed by atoms with Crippen molar-refractivity contribution in [1.29, 1.82) is 0 Å². The van der Waals surface area contributed by atoms with Crippen molar-refractivity contribution < 1.29 is 23.9 Å². The second-order valence-electron chi connectivity index (χ2n) is 7.21. The summed E-state index contributed by atoms with van der Waals surface area (Å²) in [5, 5.41) is 4.07. The molecule has 2 aromatic rings. The summed E-state index contributed by atoms with van der Waals surface area (Å²) in [6.07, 6.45) is 6.05. The van der Waals surface area contributed by atoms with E-state index in [-0.39, 0.29) is 17.6 Å². The Hall–Kier alpha value is -4.01. The molecule has 0 aliphatic carbocycles. The fraction of sp³-hybridized carbons (Fsp3) is 0.227. The molecule has 31 heavy (non-hydrogen) atoms. The van der Waals surface area contributed by atoms with Gasteiger partial charge >= 0.3 is 6.03 Å². The summed E-state index contributed by atoms with van der Waals surface area (Å²) in [6, 6.07) is 9.54. The molecule has 0 bridgehead atoms. The van der Waals surface area contributed by atoms with E-state index < -0.39 is 17.8 Å². The topological polar surface area (TPSA) is 118 Å². The molecule has 0 saturated carbocycles. The minimum Gasteiger partial charge on any atom is -0.490 e. The lowest BCUT2D eigenvalue weighted by molar-refractivity contribution is -0.123. The molecule has 2 N–H and O–H groups in total. The van der Waals surface area contributed by atoms with Crippen LogP contribution in [0.5, 0.6) is 5.75 Å². The minimum absolute atomic E-state index is 0.00396. The number of likely N-dealkylation sites (tertiary alicyclic amines) is 1. The predicted molar refractivity (Wildman–Crippen MR) is 110 cm³/mol. The Labute approximate surface area is 178 Å². The molecule has 2 saturated heterocycles. The van der Waals surface area contributed by atoms with Crippen molar-refractivity contribution in [1.82, 2.24) is 20.5 Å². The van der Waals surface area contributed by atoms with E-state index in [2.05, 4.69) is 4.98 Å². The quantitative estimate of drug-likeness (QED) is 0.572. The largest absolute Gasteiger partial charge is 0.490 e. The Morgan fingerprint density at radius 1 is 0.968 bits per heavy atom. The summed E-state index contributed by atoms with van der Waals surface area (Å²) in [4.78, 5) is 53.0. The van der Waals surface area contributed by atoms with Gasteiger partial charge in [0.15, 0.2) is 0 Å². The number of pyridine rings is 1. The minimum atomic E-state index is -0.829. The first-order valence-corrected chi connectivity index (χ1v) is 9.84. The number of nitrogens with one attached hydrogen (secondary N) is 2.